The van der Waals surface area contributed by atoms with Gasteiger partial charge in [0.15, 0.2) is 5.16 Å². The van der Waals surface area contributed by atoms with E-state index >= 15 is 0 Å². The number of benzene rings is 1. The summed E-state index contributed by atoms with van der Waals surface area (Å²) in [4.78, 5) is 19.6. The smallest absolute Gasteiger partial charge is 0.235 e. The van der Waals surface area contributed by atoms with Crippen molar-refractivity contribution < 1.29 is 9.53 Å². The van der Waals surface area contributed by atoms with E-state index in [1.807, 2.05) is 30.0 Å². The number of amides is 1. The number of carbonyl (C=O) groups is 1. The maximum Gasteiger partial charge on any atom is 0.235 e. The van der Waals surface area contributed by atoms with Crippen LogP contribution in [0.3, 0.4) is 0 Å². The highest BCUT2D eigenvalue weighted by molar-refractivity contribution is 8.00. The Kier molecular flexibility index (Phi) is 6.84. The Labute approximate surface area is 164 Å². The normalized spacial score (nSPS) is 16.7. The number of ether oxygens (including phenoxy) is 1. The van der Waals surface area contributed by atoms with E-state index in [2.05, 4.69) is 4.57 Å². The Morgan fingerprint density at radius 1 is 1.31 bits per heavy atom. The number of halogens is 1. The van der Waals surface area contributed by atoms with Gasteiger partial charge in [-0.05, 0) is 38.0 Å². The molecule has 26 heavy (non-hydrogen) atoms. The third kappa shape index (κ3) is 4.53. The quantitative estimate of drug-likeness (QED) is 0.687. The number of hydrogen-bond acceptors (Lipinski definition) is 4. The molecule has 7 heteroatoms. The molecule has 0 spiro atoms. The summed E-state index contributed by atoms with van der Waals surface area (Å²) in [5.41, 5.74) is 1.87. The fourth-order valence-electron chi connectivity index (χ4n) is 3.33. The van der Waals surface area contributed by atoms with Crippen LogP contribution in [0, 0.1) is 0 Å². The van der Waals surface area contributed by atoms with Crippen LogP contribution in [0.4, 0.5) is 0 Å². The number of hydrogen-bond donors (Lipinski definition) is 0. The molecule has 5 nitrogen and oxygen atoms in total. The van der Waals surface area contributed by atoms with Crippen molar-refractivity contribution in [1.82, 2.24) is 14.5 Å². The van der Waals surface area contributed by atoms with Crippen molar-refractivity contribution in [3.05, 3.63) is 23.2 Å². The largest absolute Gasteiger partial charge is 0.383 e. The standard InChI is InChI=1S/C19H26ClN3O2S/c1-14(18(24)22-9-5-3-4-6-10-22)26-19-21-16-13-15(20)7-8-17(16)23(19)11-12-25-2/h7-8,13-14H,3-6,9-12H2,1-2H3. The van der Waals surface area contributed by atoms with Crippen LogP contribution >= 0.6 is 23.4 Å². The lowest BCUT2D eigenvalue weighted by Gasteiger charge is -2.23. The molecule has 1 amide bonds. The van der Waals surface area contributed by atoms with Gasteiger partial charge in [-0.15, -0.1) is 0 Å². The fraction of sp³-hybridized carbons (Fsp3) is 0.579. The molecule has 1 aliphatic heterocycles. The van der Waals surface area contributed by atoms with Gasteiger partial charge >= 0.3 is 0 Å². The van der Waals surface area contributed by atoms with Crippen LogP contribution in [0.5, 0.6) is 0 Å². The molecule has 1 unspecified atom stereocenters. The first kappa shape index (κ1) is 19.5. The zero-order valence-corrected chi connectivity index (χ0v) is 17.0. The lowest BCUT2D eigenvalue weighted by atomic mass is 10.2. The molecule has 1 aromatic carbocycles. The lowest BCUT2D eigenvalue weighted by molar-refractivity contribution is -0.130. The van der Waals surface area contributed by atoms with Crippen molar-refractivity contribution in [3.63, 3.8) is 0 Å². The molecule has 0 bridgehead atoms. The maximum atomic E-state index is 12.9. The van der Waals surface area contributed by atoms with Crippen LogP contribution in [0.1, 0.15) is 32.6 Å². The van der Waals surface area contributed by atoms with Gasteiger partial charge in [0.1, 0.15) is 0 Å². The molecule has 142 valence electrons. The van der Waals surface area contributed by atoms with E-state index in [-0.39, 0.29) is 11.2 Å². The van der Waals surface area contributed by atoms with Gasteiger partial charge in [-0.3, -0.25) is 4.79 Å². The van der Waals surface area contributed by atoms with E-state index in [1.165, 1.54) is 24.6 Å². The van der Waals surface area contributed by atoms with Crippen molar-refractivity contribution in [3.8, 4) is 0 Å². The minimum absolute atomic E-state index is 0.165. The highest BCUT2D eigenvalue weighted by atomic mass is 35.5. The Balaban J connectivity index is 1.80. The zero-order chi connectivity index (χ0) is 18.5. The molecule has 0 saturated carbocycles. The van der Waals surface area contributed by atoms with E-state index in [0.29, 0.717) is 18.2 Å². The number of rotatable bonds is 6. The fourth-order valence-corrected chi connectivity index (χ4v) is 4.53. The van der Waals surface area contributed by atoms with Gasteiger partial charge < -0.3 is 14.2 Å². The van der Waals surface area contributed by atoms with Gasteiger partial charge in [0.05, 0.1) is 22.9 Å². The molecular formula is C19H26ClN3O2S. The number of thioether (sulfide) groups is 1. The Hall–Kier alpha value is -1.24. The second-order valence-electron chi connectivity index (χ2n) is 6.67. The first-order chi connectivity index (χ1) is 12.6. The molecule has 1 atom stereocenters. The zero-order valence-electron chi connectivity index (χ0n) is 15.4. The molecular weight excluding hydrogens is 370 g/mol. The van der Waals surface area contributed by atoms with E-state index in [4.69, 9.17) is 21.3 Å². The number of aromatic nitrogens is 2. The number of likely N-dealkylation sites (tertiary alicyclic amines) is 1. The van der Waals surface area contributed by atoms with Crippen molar-refractivity contribution in [2.75, 3.05) is 26.8 Å². The molecule has 3 rings (SSSR count). The second-order valence-corrected chi connectivity index (χ2v) is 8.42. The molecule has 2 aromatic rings. The first-order valence-electron chi connectivity index (χ1n) is 9.20. The van der Waals surface area contributed by atoms with Crippen molar-refractivity contribution >= 4 is 40.3 Å². The maximum absolute atomic E-state index is 12.9. The van der Waals surface area contributed by atoms with Gasteiger partial charge in [0, 0.05) is 31.8 Å². The van der Waals surface area contributed by atoms with Crippen LogP contribution in [0.2, 0.25) is 5.02 Å². The number of nitrogens with zero attached hydrogens (tertiary/aromatic N) is 3. The minimum Gasteiger partial charge on any atom is -0.383 e. The summed E-state index contributed by atoms with van der Waals surface area (Å²) in [5, 5.41) is 1.34. The van der Waals surface area contributed by atoms with Gasteiger partial charge in [0.25, 0.3) is 0 Å². The molecule has 1 aromatic heterocycles. The third-order valence-corrected chi connectivity index (χ3v) is 6.05. The molecule has 2 heterocycles. The molecule has 1 aliphatic rings. The predicted octanol–water partition coefficient (Wildman–Crippen LogP) is 4.22. The Morgan fingerprint density at radius 2 is 2.04 bits per heavy atom. The van der Waals surface area contributed by atoms with Crippen LogP contribution in [0.25, 0.3) is 11.0 Å². The summed E-state index contributed by atoms with van der Waals surface area (Å²) in [5.74, 6) is 0.209. The van der Waals surface area contributed by atoms with Gasteiger partial charge in [-0.2, -0.15) is 0 Å². The molecule has 0 N–H and O–H groups in total. The second kappa shape index (κ2) is 9.11. The molecule has 0 aliphatic carbocycles. The average molecular weight is 396 g/mol. The van der Waals surface area contributed by atoms with Gasteiger partial charge in [0.2, 0.25) is 5.91 Å². The van der Waals surface area contributed by atoms with Crippen molar-refractivity contribution in [1.29, 1.82) is 0 Å². The van der Waals surface area contributed by atoms with Crippen LogP contribution in [0.15, 0.2) is 23.4 Å². The SMILES string of the molecule is COCCn1c(SC(C)C(=O)N2CCCCCC2)nc2cc(Cl)ccc21. The summed E-state index contributed by atoms with van der Waals surface area (Å²) in [7, 11) is 1.69. The van der Waals surface area contributed by atoms with Gasteiger partial charge in [-0.1, -0.05) is 36.2 Å². The summed E-state index contributed by atoms with van der Waals surface area (Å²) in [6.45, 7) is 5.02. The summed E-state index contributed by atoms with van der Waals surface area (Å²) in [6, 6.07) is 5.71. The summed E-state index contributed by atoms with van der Waals surface area (Å²) in [6.07, 6.45) is 4.65. The van der Waals surface area contributed by atoms with E-state index in [9.17, 15) is 4.79 Å². The Morgan fingerprint density at radius 3 is 2.73 bits per heavy atom. The van der Waals surface area contributed by atoms with Crippen molar-refractivity contribution in [2.24, 2.45) is 0 Å². The average Bonchev–Trinajstić information content (AvgIpc) is 2.79. The van der Waals surface area contributed by atoms with Crippen LogP contribution in [-0.4, -0.2) is 52.4 Å². The molecule has 1 saturated heterocycles. The summed E-state index contributed by atoms with van der Waals surface area (Å²) < 4.78 is 7.36. The van der Waals surface area contributed by atoms with Crippen molar-refractivity contribution in [2.45, 2.75) is 49.6 Å². The minimum atomic E-state index is -0.165. The predicted molar refractivity (Wildman–Crippen MR) is 107 cm³/mol. The molecule has 0 radical (unpaired) electrons. The Bertz CT molecular complexity index is 757. The van der Waals surface area contributed by atoms with Crippen LogP contribution < -0.4 is 0 Å². The molecule has 1 fully saturated rings. The highest BCUT2D eigenvalue weighted by Crippen LogP contribution is 2.30. The number of methoxy groups -OCH3 is 1. The number of fused-ring (bicyclic) bond motifs is 1. The first-order valence-corrected chi connectivity index (χ1v) is 10.5. The van der Waals surface area contributed by atoms with Crippen LogP contribution in [-0.2, 0) is 16.1 Å². The third-order valence-electron chi connectivity index (χ3n) is 4.74. The number of imidazole rings is 1. The van der Waals surface area contributed by atoms with E-state index < -0.39 is 0 Å². The summed E-state index contributed by atoms with van der Waals surface area (Å²) >= 11 is 7.64. The lowest BCUT2D eigenvalue weighted by Crippen LogP contribution is -2.37. The monoisotopic (exact) mass is 395 g/mol. The topological polar surface area (TPSA) is 47.4 Å². The highest BCUT2D eigenvalue weighted by Gasteiger charge is 2.24. The van der Waals surface area contributed by atoms with E-state index in [0.717, 1.165) is 42.1 Å². The van der Waals surface area contributed by atoms with E-state index in [1.54, 1.807) is 7.11 Å². The van der Waals surface area contributed by atoms with Gasteiger partial charge in [-0.25, -0.2) is 4.98 Å². The number of carbonyl (C=O) groups excluding carboxylic acids is 1.